The largest absolute Gasteiger partial charge is 0.339 e. The van der Waals surface area contributed by atoms with Crippen molar-refractivity contribution in [3.63, 3.8) is 0 Å². The van der Waals surface area contributed by atoms with Crippen LogP contribution in [0.25, 0.3) is 0 Å². The number of nitrogens with one attached hydrogen (secondary N) is 1. The lowest BCUT2D eigenvalue weighted by molar-refractivity contribution is 0.0710. The van der Waals surface area contributed by atoms with Gasteiger partial charge in [0.15, 0.2) is 0 Å². The fourth-order valence-corrected chi connectivity index (χ4v) is 3.64. The molecule has 0 unspecified atom stereocenters. The van der Waals surface area contributed by atoms with Gasteiger partial charge in [0.05, 0.1) is 11.3 Å². The van der Waals surface area contributed by atoms with Crippen LogP contribution in [0.4, 0.5) is 5.69 Å². The number of carbonyl (C=O) groups excluding carboxylic acids is 2. The fraction of sp³-hybridized carbons (Fsp3) is 0.261. The fourth-order valence-electron chi connectivity index (χ4n) is 3.64. The number of amides is 2. The maximum absolute atomic E-state index is 12.6. The van der Waals surface area contributed by atoms with Gasteiger partial charge in [-0.3, -0.25) is 14.6 Å². The summed E-state index contributed by atoms with van der Waals surface area (Å²) < 4.78 is 0. The topological polar surface area (TPSA) is 88.1 Å². The molecule has 30 heavy (non-hydrogen) atoms. The van der Waals surface area contributed by atoms with E-state index in [4.69, 9.17) is 0 Å². The molecule has 1 N–H and O–H groups in total. The SMILES string of the molecule is Cc1nc(C2CCN(C(=O)c3ccncc3)CC2)ncc1C(=O)Nc1ccccc1. The lowest BCUT2D eigenvalue weighted by Gasteiger charge is -2.31. The van der Waals surface area contributed by atoms with Crippen LogP contribution < -0.4 is 5.32 Å². The predicted octanol–water partition coefficient (Wildman–Crippen LogP) is 3.45. The van der Waals surface area contributed by atoms with Gasteiger partial charge in [0, 0.05) is 48.8 Å². The molecule has 3 heterocycles. The number of likely N-dealkylation sites (tertiary alicyclic amines) is 1. The van der Waals surface area contributed by atoms with E-state index in [1.807, 2.05) is 42.2 Å². The lowest BCUT2D eigenvalue weighted by atomic mass is 9.95. The van der Waals surface area contributed by atoms with Gasteiger partial charge in [0.2, 0.25) is 0 Å². The molecule has 0 bridgehead atoms. The first-order valence-corrected chi connectivity index (χ1v) is 10.0. The van der Waals surface area contributed by atoms with Gasteiger partial charge in [-0.25, -0.2) is 9.97 Å². The minimum atomic E-state index is -0.219. The average molecular weight is 401 g/mol. The molecular weight excluding hydrogens is 378 g/mol. The zero-order valence-corrected chi connectivity index (χ0v) is 16.8. The lowest BCUT2D eigenvalue weighted by Crippen LogP contribution is -2.38. The van der Waals surface area contributed by atoms with Gasteiger partial charge >= 0.3 is 0 Å². The van der Waals surface area contributed by atoms with Crippen LogP contribution in [-0.4, -0.2) is 44.8 Å². The smallest absolute Gasteiger partial charge is 0.259 e. The van der Waals surface area contributed by atoms with Crippen molar-refractivity contribution in [3.05, 3.63) is 83.7 Å². The predicted molar refractivity (Wildman–Crippen MR) is 113 cm³/mol. The molecule has 2 aromatic heterocycles. The number of pyridine rings is 1. The summed E-state index contributed by atoms with van der Waals surface area (Å²) in [6.07, 6.45) is 6.46. The van der Waals surface area contributed by atoms with Gasteiger partial charge in [0.25, 0.3) is 11.8 Å². The number of carbonyl (C=O) groups is 2. The Hall–Kier alpha value is -3.61. The standard InChI is InChI=1S/C23H23N5O2/c1-16-20(22(29)27-19-5-3-2-4-6-19)15-25-21(26-16)17-9-13-28(14-10-17)23(30)18-7-11-24-12-8-18/h2-8,11-12,15,17H,9-10,13-14H2,1H3,(H,27,29). The van der Waals surface area contributed by atoms with Gasteiger partial charge in [-0.05, 0) is 44.0 Å². The van der Waals surface area contributed by atoms with E-state index in [-0.39, 0.29) is 17.7 Å². The third-order valence-corrected chi connectivity index (χ3v) is 5.35. The Morgan fingerprint density at radius 3 is 2.40 bits per heavy atom. The summed E-state index contributed by atoms with van der Waals surface area (Å²) in [4.78, 5) is 40.0. The number of piperidine rings is 1. The average Bonchev–Trinajstić information content (AvgIpc) is 2.80. The maximum atomic E-state index is 12.6. The highest BCUT2D eigenvalue weighted by Crippen LogP contribution is 2.27. The highest BCUT2D eigenvalue weighted by molar-refractivity contribution is 6.04. The molecular formula is C23H23N5O2. The molecule has 1 fully saturated rings. The zero-order valence-electron chi connectivity index (χ0n) is 16.8. The number of aryl methyl sites for hydroxylation is 1. The van der Waals surface area contributed by atoms with Gasteiger partial charge in [-0.15, -0.1) is 0 Å². The number of para-hydroxylation sites is 1. The van der Waals surface area contributed by atoms with Crippen LogP contribution in [0, 0.1) is 6.92 Å². The Labute approximate surface area is 175 Å². The Bertz CT molecular complexity index is 1030. The van der Waals surface area contributed by atoms with Crippen molar-refractivity contribution in [1.29, 1.82) is 0 Å². The van der Waals surface area contributed by atoms with Crippen LogP contribution in [-0.2, 0) is 0 Å². The van der Waals surface area contributed by atoms with E-state index in [1.165, 1.54) is 0 Å². The quantitative estimate of drug-likeness (QED) is 0.723. The van der Waals surface area contributed by atoms with Crippen molar-refractivity contribution in [2.75, 3.05) is 18.4 Å². The number of aromatic nitrogens is 3. The second kappa shape index (κ2) is 8.82. The first-order chi connectivity index (χ1) is 14.6. The maximum Gasteiger partial charge on any atom is 0.259 e. The van der Waals surface area contributed by atoms with Crippen LogP contribution in [0.3, 0.4) is 0 Å². The van der Waals surface area contributed by atoms with E-state index in [1.54, 1.807) is 30.7 Å². The van der Waals surface area contributed by atoms with Crippen LogP contribution in [0.2, 0.25) is 0 Å². The van der Waals surface area contributed by atoms with Crippen LogP contribution >= 0.6 is 0 Å². The number of anilines is 1. The highest BCUT2D eigenvalue weighted by Gasteiger charge is 2.26. The Morgan fingerprint density at radius 1 is 1.03 bits per heavy atom. The molecule has 4 rings (SSSR count). The van der Waals surface area contributed by atoms with Gasteiger partial charge in [-0.1, -0.05) is 18.2 Å². The monoisotopic (exact) mass is 401 g/mol. The molecule has 3 aromatic rings. The summed E-state index contributed by atoms with van der Waals surface area (Å²) in [6.45, 7) is 3.14. The van der Waals surface area contributed by atoms with Crippen molar-refractivity contribution in [2.24, 2.45) is 0 Å². The minimum absolute atomic E-state index is 0.0286. The van der Waals surface area contributed by atoms with Crippen molar-refractivity contribution < 1.29 is 9.59 Å². The Balaban J connectivity index is 1.39. The molecule has 0 aliphatic carbocycles. The molecule has 1 aromatic carbocycles. The summed E-state index contributed by atoms with van der Waals surface area (Å²) in [5.41, 5.74) is 2.51. The van der Waals surface area contributed by atoms with Crippen LogP contribution in [0.15, 0.2) is 61.1 Å². The van der Waals surface area contributed by atoms with E-state index in [0.29, 0.717) is 29.9 Å². The second-order valence-electron chi connectivity index (χ2n) is 7.35. The normalized spacial score (nSPS) is 14.4. The van der Waals surface area contributed by atoms with Gasteiger partial charge < -0.3 is 10.2 Å². The van der Waals surface area contributed by atoms with Crippen molar-refractivity contribution in [1.82, 2.24) is 19.9 Å². The van der Waals surface area contributed by atoms with E-state index in [9.17, 15) is 9.59 Å². The summed E-state index contributed by atoms with van der Waals surface area (Å²) in [6, 6.07) is 12.8. The molecule has 1 aliphatic heterocycles. The molecule has 0 saturated carbocycles. The first-order valence-electron chi connectivity index (χ1n) is 10.0. The van der Waals surface area contributed by atoms with Crippen molar-refractivity contribution >= 4 is 17.5 Å². The molecule has 1 aliphatic rings. The molecule has 1 saturated heterocycles. The van der Waals surface area contributed by atoms with E-state index in [0.717, 1.165) is 24.4 Å². The zero-order chi connectivity index (χ0) is 20.9. The molecule has 152 valence electrons. The number of benzene rings is 1. The third-order valence-electron chi connectivity index (χ3n) is 5.35. The molecule has 0 spiro atoms. The Morgan fingerprint density at radius 2 is 1.73 bits per heavy atom. The summed E-state index contributed by atoms with van der Waals surface area (Å²) >= 11 is 0. The molecule has 0 atom stereocenters. The minimum Gasteiger partial charge on any atom is -0.339 e. The number of hydrogen-bond acceptors (Lipinski definition) is 5. The summed E-state index contributed by atoms with van der Waals surface area (Å²) in [5.74, 6) is 0.722. The highest BCUT2D eigenvalue weighted by atomic mass is 16.2. The van der Waals surface area contributed by atoms with Crippen LogP contribution in [0.5, 0.6) is 0 Å². The van der Waals surface area contributed by atoms with E-state index >= 15 is 0 Å². The number of rotatable bonds is 4. The molecule has 0 radical (unpaired) electrons. The molecule has 2 amide bonds. The van der Waals surface area contributed by atoms with E-state index in [2.05, 4.69) is 20.3 Å². The Kier molecular flexibility index (Phi) is 5.79. The van der Waals surface area contributed by atoms with Gasteiger partial charge in [-0.2, -0.15) is 0 Å². The van der Waals surface area contributed by atoms with Crippen LogP contribution in [0.1, 0.15) is 51.0 Å². The summed E-state index contributed by atoms with van der Waals surface area (Å²) in [7, 11) is 0. The second-order valence-corrected chi connectivity index (χ2v) is 7.35. The van der Waals surface area contributed by atoms with E-state index < -0.39 is 0 Å². The first kappa shape index (κ1) is 19.7. The van der Waals surface area contributed by atoms with Crippen molar-refractivity contribution in [3.8, 4) is 0 Å². The number of nitrogens with zero attached hydrogens (tertiary/aromatic N) is 4. The number of hydrogen-bond donors (Lipinski definition) is 1. The van der Waals surface area contributed by atoms with Crippen molar-refractivity contribution in [2.45, 2.75) is 25.7 Å². The summed E-state index contributed by atoms with van der Waals surface area (Å²) in [5, 5.41) is 2.86. The van der Waals surface area contributed by atoms with Gasteiger partial charge in [0.1, 0.15) is 5.82 Å². The molecule has 7 heteroatoms. The third kappa shape index (κ3) is 4.35. The molecule has 7 nitrogen and oxygen atoms in total.